The lowest BCUT2D eigenvalue weighted by Gasteiger charge is -2.30. The number of aromatic nitrogens is 2. The van der Waals surface area contributed by atoms with E-state index in [1.54, 1.807) is 18.2 Å². The Labute approximate surface area is 121 Å². The summed E-state index contributed by atoms with van der Waals surface area (Å²) in [6, 6.07) is 6.57. The third-order valence-electron chi connectivity index (χ3n) is 3.76. The van der Waals surface area contributed by atoms with Gasteiger partial charge in [-0.15, -0.1) is 0 Å². The standard InChI is InChI=1S/C15H16N2O4/c1-15(8-4-5-9-20-15)14-16-12(21-17-14)10-6-2-3-7-11(10)13(18)19/h2-3,6-7H,4-5,8-9H2,1H3,(H,18,19). The molecule has 6 nitrogen and oxygen atoms in total. The third-order valence-corrected chi connectivity index (χ3v) is 3.76. The van der Waals surface area contributed by atoms with Gasteiger partial charge in [-0.1, -0.05) is 17.3 Å². The molecule has 0 radical (unpaired) electrons. The van der Waals surface area contributed by atoms with Gasteiger partial charge in [-0.3, -0.25) is 0 Å². The quantitative estimate of drug-likeness (QED) is 0.934. The highest BCUT2D eigenvalue weighted by Gasteiger charge is 2.35. The molecule has 1 unspecified atom stereocenters. The lowest BCUT2D eigenvalue weighted by molar-refractivity contribution is -0.0770. The summed E-state index contributed by atoms with van der Waals surface area (Å²) in [4.78, 5) is 15.6. The molecule has 2 aromatic rings. The van der Waals surface area contributed by atoms with Crippen molar-refractivity contribution in [2.45, 2.75) is 31.8 Å². The van der Waals surface area contributed by atoms with E-state index in [9.17, 15) is 9.90 Å². The van der Waals surface area contributed by atoms with Crippen molar-refractivity contribution in [1.82, 2.24) is 10.1 Å². The Morgan fingerprint density at radius 2 is 2.14 bits per heavy atom. The molecule has 1 N–H and O–H groups in total. The molecule has 1 saturated heterocycles. The first-order valence-corrected chi connectivity index (χ1v) is 6.91. The number of hydrogen-bond acceptors (Lipinski definition) is 5. The molecule has 1 atom stereocenters. The van der Waals surface area contributed by atoms with E-state index in [4.69, 9.17) is 9.26 Å². The Balaban J connectivity index is 1.97. The minimum absolute atomic E-state index is 0.141. The molecule has 0 saturated carbocycles. The molecule has 1 aliphatic rings. The number of benzene rings is 1. The van der Waals surface area contributed by atoms with Crippen LogP contribution in [0.25, 0.3) is 11.5 Å². The van der Waals surface area contributed by atoms with Crippen LogP contribution in [0.5, 0.6) is 0 Å². The summed E-state index contributed by atoms with van der Waals surface area (Å²) >= 11 is 0. The van der Waals surface area contributed by atoms with Crippen molar-refractivity contribution in [3.8, 4) is 11.5 Å². The van der Waals surface area contributed by atoms with Crippen LogP contribution in [-0.2, 0) is 10.3 Å². The lowest BCUT2D eigenvalue weighted by Crippen LogP contribution is -2.31. The largest absolute Gasteiger partial charge is 0.478 e. The van der Waals surface area contributed by atoms with Crippen LogP contribution < -0.4 is 0 Å². The zero-order valence-electron chi connectivity index (χ0n) is 11.7. The highest BCUT2D eigenvalue weighted by atomic mass is 16.5. The van der Waals surface area contributed by atoms with Crippen LogP contribution in [-0.4, -0.2) is 27.8 Å². The molecular formula is C15H16N2O4. The van der Waals surface area contributed by atoms with Crippen LogP contribution in [0.4, 0.5) is 0 Å². The molecular weight excluding hydrogens is 272 g/mol. The van der Waals surface area contributed by atoms with E-state index in [-0.39, 0.29) is 11.5 Å². The Bertz CT molecular complexity index is 659. The Hall–Kier alpha value is -2.21. The molecule has 1 aromatic heterocycles. The second kappa shape index (κ2) is 5.29. The summed E-state index contributed by atoms with van der Waals surface area (Å²) in [5, 5.41) is 13.2. The fourth-order valence-electron chi connectivity index (χ4n) is 2.51. The van der Waals surface area contributed by atoms with Crippen molar-refractivity contribution >= 4 is 5.97 Å². The summed E-state index contributed by atoms with van der Waals surface area (Å²) in [5.74, 6) is -0.346. The molecule has 1 aromatic carbocycles. The normalized spacial score (nSPS) is 22.1. The summed E-state index contributed by atoms with van der Waals surface area (Å²) in [7, 11) is 0. The maximum Gasteiger partial charge on any atom is 0.336 e. The fraction of sp³-hybridized carbons (Fsp3) is 0.400. The fourth-order valence-corrected chi connectivity index (χ4v) is 2.51. The van der Waals surface area contributed by atoms with Gasteiger partial charge < -0.3 is 14.4 Å². The molecule has 0 bridgehead atoms. The predicted molar refractivity (Wildman–Crippen MR) is 73.8 cm³/mol. The molecule has 110 valence electrons. The number of hydrogen-bond donors (Lipinski definition) is 1. The zero-order valence-corrected chi connectivity index (χ0v) is 11.7. The monoisotopic (exact) mass is 288 g/mol. The second-order valence-corrected chi connectivity index (χ2v) is 5.31. The number of ether oxygens (including phenoxy) is 1. The first kappa shape index (κ1) is 13.8. The van der Waals surface area contributed by atoms with E-state index in [0.29, 0.717) is 18.0 Å². The van der Waals surface area contributed by atoms with Gasteiger partial charge >= 0.3 is 5.97 Å². The van der Waals surface area contributed by atoms with Crippen molar-refractivity contribution in [3.05, 3.63) is 35.7 Å². The first-order chi connectivity index (χ1) is 10.1. The molecule has 0 aliphatic carbocycles. The lowest BCUT2D eigenvalue weighted by atomic mass is 9.95. The van der Waals surface area contributed by atoms with Crippen molar-refractivity contribution in [2.24, 2.45) is 0 Å². The van der Waals surface area contributed by atoms with Gasteiger partial charge in [0.25, 0.3) is 5.89 Å². The van der Waals surface area contributed by atoms with E-state index in [0.717, 1.165) is 19.3 Å². The van der Waals surface area contributed by atoms with Crippen LogP contribution in [0.1, 0.15) is 42.4 Å². The topological polar surface area (TPSA) is 85.5 Å². The number of nitrogens with zero attached hydrogens (tertiary/aromatic N) is 2. The maximum atomic E-state index is 11.3. The van der Waals surface area contributed by atoms with Gasteiger partial charge in [0.15, 0.2) is 0 Å². The Morgan fingerprint density at radius 3 is 2.86 bits per heavy atom. The van der Waals surface area contributed by atoms with Crippen molar-refractivity contribution in [2.75, 3.05) is 6.61 Å². The van der Waals surface area contributed by atoms with Crippen molar-refractivity contribution in [3.63, 3.8) is 0 Å². The van der Waals surface area contributed by atoms with E-state index in [2.05, 4.69) is 10.1 Å². The van der Waals surface area contributed by atoms with Gasteiger partial charge in [-0.2, -0.15) is 4.98 Å². The molecule has 1 fully saturated rings. The predicted octanol–water partition coefficient (Wildman–Crippen LogP) is 2.85. The van der Waals surface area contributed by atoms with E-state index in [1.807, 2.05) is 6.92 Å². The van der Waals surface area contributed by atoms with Gasteiger partial charge in [0.1, 0.15) is 5.60 Å². The molecule has 3 rings (SSSR count). The first-order valence-electron chi connectivity index (χ1n) is 6.91. The SMILES string of the molecule is CC1(c2noc(-c3ccccc3C(=O)O)n2)CCCCO1. The average Bonchev–Trinajstić information content (AvgIpc) is 2.98. The number of aromatic carboxylic acids is 1. The highest BCUT2D eigenvalue weighted by molar-refractivity contribution is 5.94. The minimum atomic E-state index is -1.02. The van der Waals surface area contributed by atoms with Crippen LogP contribution in [0.3, 0.4) is 0 Å². The van der Waals surface area contributed by atoms with Crippen LogP contribution >= 0.6 is 0 Å². The maximum absolute atomic E-state index is 11.3. The van der Waals surface area contributed by atoms with Crippen molar-refractivity contribution in [1.29, 1.82) is 0 Å². The average molecular weight is 288 g/mol. The molecule has 21 heavy (non-hydrogen) atoms. The number of carbonyl (C=O) groups is 1. The summed E-state index contributed by atoms with van der Waals surface area (Å²) in [6.07, 6.45) is 2.90. The van der Waals surface area contributed by atoms with E-state index in [1.165, 1.54) is 6.07 Å². The van der Waals surface area contributed by atoms with Crippen LogP contribution in [0.2, 0.25) is 0 Å². The molecule has 1 aliphatic heterocycles. The number of carboxylic acids is 1. The van der Waals surface area contributed by atoms with Crippen LogP contribution in [0, 0.1) is 0 Å². The van der Waals surface area contributed by atoms with Gasteiger partial charge in [0, 0.05) is 6.61 Å². The molecule has 0 spiro atoms. The molecule has 0 amide bonds. The number of carboxylic acid groups (broad SMARTS) is 1. The van der Waals surface area contributed by atoms with E-state index < -0.39 is 11.6 Å². The summed E-state index contributed by atoms with van der Waals surface area (Å²) in [5.41, 5.74) is 0.00334. The smallest absolute Gasteiger partial charge is 0.336 e. The highest BCUT2D eigenvalue weighted by Crippen LogP contribution is 2.34. The van der Waals surface area contributed by atoms with Crippen LogP contribution in [0.15, 0.2) is 28.8 Å². The third kappa shape index (κ3) is 2.54. The van der Waals surface area contributed by atoms with Gasteiger partial charge in [0.05, 0.1) is 11.1 Å². The van der Waals surface area contributed by atoms with Gasteiger partial charge in [-0.25, -0.2) is 4.79 Å². The van der Waals surface area contributed by atoms with Gasteiger partial charge in [-0.05, 0) is 38.3 Å². The zero-order chi connectivity index (χ0) is 14.9. The summed E-state index contributed by atoms with van der Waals surface area (Å²) < 4.78 is 11.0. The molecule has 6 heteroatoms. The Kier molecular flexibility index (Phi) is 3.47. The minimum Gasteiger partial charge on any atom is -0.478 e. The Morgan fingerprint density at radius 1 is 1.33 bits per heavy atom. The number of rotatable bonds is 3. The van der Waals surface area contributed by atoms with Crippen molar-refractivity contribution < 1.29 is 19.2 Å². The molecule has 2 heterocycles. The summed E-state index contributed by atoms with van der Waals surface area (Å²) in [6.45, 7) is 2.61. The second-order valence-electron chi connectivity index (χ2n) is 5.31. The van der Waals surface area contributed by atoms with Gasteiger partial charge in [0.2, 0.25) is 5.82 Å². The van der Waals surface area contributed by atoms with E-state index >= 15 is 0 Å².